The van der Waals surface area contributed by atoms with Gasteiger partial charge in [-0.3, -0.25) is 0 Å². The van der Waals surface area contributed by atoms with E-state index in [0.29, 0.717) is 12.0 Å². The second-order valence-electron chi connectivity index (χ2n) is 8.63. The van der Waals surface area contributed by atoms with Crippen LogP contribution in [0.15, 0.2) is 0 Å². The van der Waals surface area contributed by atoms with Gasteiger partial charge in [0.15, 0.2) is 0 Å². The van der Waals surface area contributed by atoms with Crippen molar-refractivity contribution in [2.45, 2.75) is 122 Å². The Morgan fingerprint density at radius 2 is 1.52 bits per heavy atom. The van der Waals surface area contributed by atoms with E-state index >= 15 is 0 Å². The number of ether oxygens (including phenoxy) is 3. The minimum Gasteiger partial charge on any atom is -0.420 e. The van der Waals surface area contributed by atoms with Crippen molar-refractivity contribution < 1.29 is 18.6 Å². The largest absolute Gasteiger partial charge is 0.420 e. The van der Waals surface area contributed by atoms with Crippen molar-refractivity contribution in [3.8, 4) is 0 Å². The normalized spacial score (nSPS) is 28.0. The molecule has 6 unspecified atom stereocenters. The summed E-state index contributed by atoms with van der Waals surface area (Å²) in [5, 5.41) is 0. The van der Waals surface area contributed by atoms with Crippen LogP contribution in [0.2, 0.25) is 0 Å². The lowest BCUT2D eigenvalue weighted by Gasteiger charge is -2.50. The third-order valence-corrected chi connectivity index (χ3v) is 7.63. The van der Waals surface area contributed by atoms with Crippen LogP contribution in [0.25, 0.3) is 0 Å². The number of unbranched alkanes of at least 4 members (excludes halogenated alkanes) is 2. The van der Waals surface area contributed by atoms with E-state index in [1.165, 1.54) is 38.5 Å². The van der Waals surface area contributed by atoms with Crippen LogP contribution in [0.3, 0.4) is 0 Å². The van der Waals surface area contributed by atoms with Crippen LogP contribution in [0.5, 0.6) is 0 Å². The zero-order valence-electron chi connectivity index (χ0n) is 18.5. The first-order valence-corrected chi connectivity index (χ1v) is 12.4. The Kier molecular flexibility index (Phi) is 10.3. The zero-order valence-corrected chi connectivity index (χ0v) is 20.5. The molecule has 0 aromatic rings. The van der Waals surface area contributed by atoms with Crippen molar-refractivity contribution in [1.82, 2.24) is 0 Å². The van der Waals surface area contributed by atoms with Gasteiger partial charge >= 0.3 is 0 Å². The quantitative estimate of drug-likeness (QED) is 0.387. The van der Waals surface area contributed by atoms with Gasteiger partial charge in [-0.15, -0.1) is 0 Å². The van der Waals surface area contributed by atoms with Gasteiger partial charge in [0.05, 0.1) is 30.0 Å². The summed E-state index contributed by atoms with van der Waals surface area (Å²) < 4.78 is 25.1. The van der Waals surface area contributed by atoms with Gasteiger partial charge in [0.25, 0.3) is 0 Å². The van der Waals surface area contributed by atoms with Crippen LogP contribution < -0.4 is 0 Å². The summed E-state index contributed by atoms with van der Waals surface area (Å²) in [6.07, 6.45) is 12.5. The van der Waals surface area contributed by atoms with E-state index in [4.69, 9.17) is 18.6 Å². The highest BCUT2D eigenvalue weighted by molar-refractivity contribution is 5.98. The highest BCUT2D eigenvalue weighted by Crippen LogP contribution is 2.41. The van der Waals surface area contributed by atoms with E-state index in [2.05, 4.69) is 27.7 Å². The second-order valence-corrected chi connectivity index (χ2v) is 9.03. The molecule has 0 aliphatic carbocycles. The smallest absolute Gasteiger partial charge is 0.146 e. The SMILES string of the molecule is CCCCC(OC(CCC)C1CCO1)C(C)(O[SiH3])C(CCCC)C1CCO1. The zero-order chi connectivity index (χ0) is 19.7. The molecular weight excluding hydrogens is 356 g/mol. The molecule has 0 radical (unpaired) electrons. The molecule has 160 valence electrons. The van der Waals surface area contributed by atoms with Crippen molar-refractivity contribution in [2.24, 2.45) is 5.92 Å². The highest BCUT2D eigenvalue weighted by Gasteiger charge is 2.48. The van der Waals surface area contributed by atoms with Crippen LogP contribution in [-0.2, 0) is 18.6 Å². The maximum absolute atomic E-state index is 6.85. The summed E-state index contributed by atoms with van der Waals surface area (Å²) in [4.78, 5) is 0. The maximum Gasteiger partial charge on any atom is 0.146 e. The molecule has 2 heterocycles. The Balaban J connectivity index is 2.18. The van der Waals surface area contributed by atoms with Crippen LogP contribution in [0, 0.1) is 5.92 Å². The number of hydrogen-bond donors (Lipinski definition) is 0. The lowest BCUT2D eigenvalue weighted by atomic mass is 9.74. The molecule has 2 aliphatic rings. The summed E-state index contributed by atoms with van der Waals surface area (Å²) in [5.74, 6) is 0.426. The fourth-order valence-corrected chi connectivity index (χ4v) is 5.19. The average Bonchev–Trinajstić information content (AvgIpc) is 2.58. The van der Waals surface area contributed by atoms with Crippen LogP contribution in [0.1, 0.15) is 91.9 Å². The van der Waals surface area contributed by atoms with Gasteiger partial charge in [-0.05, 0) is 39.0 Å². The molecular formula is C22H44O4Si. The molecule has 0 bridgehead atoms. The highest BCUT2D eigenvalue weighted by atomic mass is 28.2. The van der Waals surface area contributed by atoms with E-state index in [1.54, 1.807) is 0 Å². The third kappa shape index (κ3) is 6.02. The molecule has 0 spiro atoms. The fourth-order valence-electron chi connectivity index (χ4n) is 4.62. The molecule has 2 aliphatic heterocycles. The summed E-state index contributed by atoms with van der Waals surface area (Å²) in [6, 6.07) is 0. The maximum atomic E-state index is 6.85. The van der Waals surface area contributed by atoms with Gasteiger partial charge in [0, 0.05) is 19.1 Å². The molecule has 5 heteroatoms. The van der Waals surface area contributed by atoms with E-state index in [0.717, 1.165) is 49.4 Å². The molecule has 0 N–H and O–H groups in total. The topological polar surface area (TPSA) is 36.9 Å². The minimum atomic E-state index is -0.253. The molecule has 0 aromatic heterocycles. The molecule has 4 nitrogen and oxygen atoms in total. The third-order valence-electron chi connectivity index (χ3n) is 6.75. The Bertz CT molecular complexity index is 400. The number of rotatable bonds is 15. The molecule has 2 rings (SSSR count). The Labute approximate surface area is 170 Å². The van der Waals surface area contributed by atoms with Crippen molar-refractivity contribution in [2.75, 3.05) is 13.2 Å². The van der Waals surface area contributed by atoms with Gasteiger partial charge in [0.1, 0.15) is 10.5 Å². The standard InChI is InChI=1S/C22H44O4Si/c1-5-8-11-17(18-13-15-23-18)22(4,26-27)21(12-9-6-2)25-20(10-7-3)19-14-16-24-19/h17-21H,5-16H2,1-4,27H3. The molecule has 2 fully saturated rings. The Morgan fingerprint density at radius 1 is 0.926 bits per heavy atom. The predicted octanol–water partition coefficient (Wildman–Crippen LogP) is 4.17. The summed E-state index contributed by atoms with van der Waals surface area (Å²) in [5.41, 5.74) is -0.253. The summed E-state index contributed by atoms with van der Waals surface area (Å²) in [7, 11) is 0.729. The van der Waals surface area contributed by atoms with E-state index in [-0.39, 0.29) is 23.9 Å². The van der Waals surface area contributed by atoms with Gasteiger partial charge in [0.2, 0.25) is 0 Å². The first-order chi connectivity index (χ1) is 13.1. The van der Waals surface area contributed by atoms with Crippen molar-refractivity contribution >= 4 is 10.5 Å². The van der Waals surface area contributed by atoms with Crippen LogP contribution in [-0.4, -0.2) is 53.7 Å². The van der Waals surface area contributed by atoms with Crippen molar-refractivity contribution in [3.63, 3.8) is 0 Å². The minimum absolute atomic E-state index is 0.127. The summed E-state index contributed by atoms with van der Waals surface area (Å²) >= 11 is 0. The molecule has 6 atom stereocenters. The second kappa shape index (κ2) is 11.9. The molecule has 0 aromatic carbocycles. The summed E-state index contributed by atoms with van der Waals surface area (Å²) in [6.45, 7) is 10.9. The lowest BCUT2D eigenvalue weighted by Crippen LogP contribution is -2.57. The first kappa shape index (κ1) is 23.3. The molecule has 2 saturated heterocycles. The molecule has 27 heavy (non-hydrogen) atoms. The van der Waals surface area contributed by atoms with Crippen molar-refractivity contribution in [1.29, 1.82) is 0 Å². The van der Waals surface area contributed by atoms with Gasteiger partial charge < -0.3 is 18.6 Å². The van der Waals surface area contributed by atoms with E-state index < -0.39 is 0 Å². The first-order valence-electron chi connectivity index (χ1n) is 11.5. The van der Waals surface area contributed by atoms with Gasteiger partial charge in [-0.25, -0.2) is 0 Å². The monoisotopic (exact) mass is 400 g/mol. The number of hydrogen-bond acceptors (Lipinski definition) is 4. The van der Waals surface area contributed by atoms with E-state index in [1.807, 2.05) is 0 Å². The Hall–Kier alpha value is 0.0569. The van der Waals surface area contributed by atoms with E-state index in [9.17, 15) is 0 Å². The lowest BCUT2D eigenvalue weighted by molar-refractivity contribution is -0.218. The van der Waals surface area contributed by atoms with Crippen LogP contribution in [0.4, 0.5) is 0 Å². The van der Waals surface area contributed by atoms with Gasteiger partial charge in [-0.1, -0.05) is 52.9 Å². The average molecular weight is 401 g/mol. The van der Waals surface area contributed by atoms with Crippen LogP contribution >= 0.6 is 0 Å². The predicted molar refractivity (Wildman–Crippen MR) is 114 cm³/mol. The molecule has 0 amide bonds. The molecule has 0 saturated carbocycles. The van der Waals surface area contributed by atoms with Gasteiger partial charge in [-0.2, -0.15) is 0 Å². The van der Waals surface area contributed by atoms with Crippen molar-refractivity contribution in [3.05, 3.63) is 0 Å². The Morgan fingerprint density at radius 3 is 1.96 bits per heavy atom. The fraction of sp³-hybridized carbons (Fsp3) is 1.00.